The summed E-state index contributed by atoms with van der Waals surface area (Å²) in [5, 5.41) is 9.17. The van der Waals surface area contributed by atoms with Gasteiger partial charge in [0.15, 0.2) is 0 Å². The molecule has 17 heavy (non-hydrogen) atoms. The highest BCUT2D eigenvalue weighted by Crippen LogP contribution is 2.32. The van der Waals surface area contributed by atoms with E-state index in [1.807, 2.05) is 18.2 Å². The minimum absolute atomic E-state index is 0.0999. The Labute approximate surface area is 116 Å². The van der Waals surface area contributed by atoms with Crippen LogP contribution in [-0.2, 0) is 6.61 Å². The predicted molar refractivity (Wildman–Crippen MR) is 72.1 cm³/mol. The quantitative estimate of drug-likeness (QED) is 0.904. The molecule has 0 bridgehead atoms. The fourth-order valence-electron chi connectivity index (χ4n) is 1.30. The molecule has 1 aromatic heterocycles. The average Bonchev–Trinajstić information content (AvgIpc) is 2.33. The second-order valence-corrected chi connectivity index (χ2v) is 5.07. The van der Waals surface area contributed by atoms with Gasteiger partial charge in [-0.15, -0.1) is 0 Å². The van der Waals surface area contributed by atoms with Gasteiger partial charge in [-0.25, -0.2) is 4.98 Å². The van der Waals surface area contributed by atoms with Crippen LogP contribution < -0.4 is 4.74 Å². The van der Waals surface area contributed by atoms with E-state index in [2.05, 4.69) is 36.8 Å². The molecule has 1 aromatic carbocycles. The Morgan fingerprint density at radius 2 is 2.06 bits per heavy atom. The molecular weight excluding hydrogens is 350 g/mol. The molecule has 3 nitrogen and oxygen atoms in total. The van der Waals surface area contributed by atoms with Crippen molar-refractivity contribution in [2.75, 3.05) is 0 Å². The van der Waals surface area contributed by atoms with Gasteiger partial charge < -0.3 is 9.84 Å². The van der Waals surface area contributed by atoms with Crippen molar-refractivity contribution in [1.29, 1.82) is 0 Å². The predicted octanol–water partition coefficient (Wildman–Crippen LogP) is 3.89. The number of pyridine rings is 1. The SMILES string of the molecule is OCc1cccnc1Oc1ccc(Br)cc1Br. The van der Waals surface area contributed by atoms with Crippen molar-refractivity contribution in [3.8, 4) is 11.6 Å². The average molecular weight is 359 g/mol. The lowest BCUT2D eigenvalue weighted by Crippen LogP contribution is -1.94. The molecule has 2 rings (SSSR count). The summed E-state index contributed by atoms with van der Waals surface area (Å²) < 4.78 is 7.43. The van der Waals surface area contributed by atoms with Crippen LogP contribution in [0.2, 0.25) is 0 Å². The van der Waals surface area contributed by atoms with Gasteiger partial charge in [-0.05, 0) is 46.3 Å². The first-order valence-corrected chi connectivity index (χ1v) is 6.47. The summed E-state index contributed by atoms with van der Waals surface area (Å²) in [7, 11) is 0. The summed E-state index contributed by atoms with van der Waals surface area (Å²) in [6.07, 6.45) is 1.63. The number of aromatic nitrogens is 1. The lowest BCUT2D eigenvalue weighted by molar-refractivity contribution is 0.275. The zero-order valence-corrected chi connectivity index (χ0v) is 11.9. The van der Waals surface area contributed by atoms with Crippen LogP contribution in [0.4, 0.5) is 0 Å². The number of ether oxygens (including phenoxy) is 1. The van der Waals surface area contributed by atoms with Crippen LogP contribution in [0, 0.1) is 0 Å². The second-order valence-electron chi connectivity index (χ2n) is 3.30. The summed E-state index contributed by atoms with van der Waals surface area (Å²) >= 11 is 6.77. The number of nitrogens with zero attached hydrogens (tertiary/aromatic N) is 1. The van der Waals surface area contributed by atoms with E-state index in [0.29, 0.717) is 17.2 Å². The lowest BCUT2D eigenvalue weighted by Gasteiger charge is -2.09. The second kappa shape index (κ2) is 5.62. The third-order valence-corrected chi connectivity index (χ3v) is 3.23. The van der Waals surface area contributed by atoms with E-state index in [0.717, 1.165) is 8.95 Å². The van der Waals surface area contributed by atoms with E-state index in [9.17, 15) is 5.11 Å². The van der Waals surface area contributed by atoms with Crippen LogP contribution in [0.25, 0.3) is 0 Å². The fourth-order valence-corrected chi connectivity index (χ4v) is 2.43. The minimum atomic E-state index is -0.0999. The van der Waals surface area contributed by atoms with Gasteiger partial charge in [-0.3, -0.25) is 0 Å². The van der Waals surface area contributed by atoms with Crippen LogP contribution in [0.15, 0.2) is 45.5 Å². The highest BCUT2D eigenvalue weighted by Gasteiger charge is 2.07. The van der Waals surface area contributed by atoms with E-state index in [1.165, 1.54) is 0 Å². The number of hydrogen-bond acceptors (Lipinski definition) is 3. The molecule has 0 unspecified atom stereocenters. The third-order valence-electron chi connectivity index (χ3n) is 2.12. The van der Waals surface area contributed by atoms with Crippen molar-refractivity contribution in [2.45, 2.75) is 6.61 Å². The standard InChI is InChI=1S/C12H9Br2NO2/c13-9-3-4-11(10(14)6-9)17-12-8(7-16)2-1-5-15-12/h1-6,16H,7H2. The first kappa shape index (κ1) is 12.5. The van der Waals surface area contributed by atoms with Gasteiger partial charge in [0.1, 0.15) is 5.75 Å². The highest BCUT2D eigenvalue weighted by molar-refractivity contribution is 9.11. The van der Waals surface area contributed by atoms with Crippen LogP contribution in [0.1, 0.15) is 5.56 Å². The number of halogens is 2. The molecule has 0 aliphatic carbocycles. The number of benzene rings is 1. The van der Waals surface area contributed by atoms with Crippen molar-refractivity contribution < 1.29 is 9.84 Å². The Morgan fingerprint density at radius 1 is 1.24 bits per heavy atom. The molecular formula is C12H9Br2NO2. The Bertz CT molecular complexity index is 532. The van der Waals surface area contributed by atoms with Gasteiger partial charge >= 0.3 is 0 Å². The molecule has 0 radical (unpaired) electrons. The van der Waals surface area contributed by atoms with Crippen molar-refractivity contribution in [3.05, 3.63) is 51.0 Å². The van der Waals surface area contributed by atoms with E-state index in [4.69, 9.17) is 4.74 Å². The number of rotatable bonds is 3. The summed E-state index contributed by atoms with van der Waals surface area (Å²) in [4.78, 5) is 4.09. The molecule has 0 saturated heterocycles. The molecule has 1 heterocycles. The monoisotopic (exact) mass is 357 g/mol. The largest absolute Gasteiger partial charge is 0.437 e. The molecule has 2 aromatic rings. The first-order valence-electron chi connectivity index (χ1n) is 4.88. The lowest BCUT2D eigenvalue weighted by atomic mass is 10.3. The number of aliphatic hydroxyl groups is 1. The van der Waals surface area contributed by atoms with E-state index in [-0.39, 0.29) is 6.61 Å². The van der Waals surface area contributed by atoms with Gasteiger partial charge in [0.2, 0.25) is 5.88 Å². The molecule has 0 fully saturated rings. The molecule has 1 N–H and O–H groups in total. The summed E-state index contributed by atoms with van der Waals surface area (Å²) in [5.41, 5.74) is 0.655. The first-order chi connectivity index (χ1) is 8.20. The topological polar surface area (TPSA) is 42.4 Å². The van der Waals surface area contributed by atoms with Crippen molar-refractivity contribution in [3.63, 3.8) is 0 Å². The van der Waals surface area contributed by atoms with Gasteiger partial charge in [-0.2, -0.15) is 0 Å². The summed E-state index contributed by atoms with van der Waals surface area (Å²) in [5.74, 6) is 1.07. The van der Waals surface area contributed by atoms with Crippen molar-refractivity contribution in [2.24, 2.45) is 0 Å². The van der Waals surface area contributed by atoms with Crippen LogP contribution in [0.3, 0.4) is 0 Å². The van der Waals surface area contributed by atoms with Crippen molar-refractivity contribution in [1.82, 2.24) is 4.98 Å². The highest BCUT2D eigenvalue weighted by atomic mass is 79.9. The summed E-state index contributed by atoms with van der Waals surface area (Å²) in [6, 6.07) is 9.12. The maximum atomic E-state index is 9.17. The normalized spacial score (nSPS) is 10.3. The van der Waals surface area contributed by atoms with E-state index >= 15 is 0 Å². The Morgan fingerprint density at radius 3 is 2.76 bits per heavy atom. The molecule has 88 valence electrons. The molecule has 0 aliphatic heterocycles. The van der Waals surface area contributed by atoms with Gasteiger partial charge in [0.25, 0.3) is 0 Å². The number of hydrogen-bond donors (Lipinski definition) is 1. The molecule has 0 atom stereocenters. The van der Waals surface area contributed by atoms with Crippen molar-refractivity contribution >= 4 is 31.9 Å². The molecule has 0 saturated carbocycles. The molecule has 0 amide bonds. The van der Waals surface area contributed by atoms with Crippen LogP contribution in [0.5, 0.6) is 11.6 Å². The Hall–Kier alpha value is -0.910. The van der Waals surface area contributed by atoms with Crippen LogP contribution in [-0.4, -0.2) is 10.1 Å². The van der Waals surface area contributed by atoms with Crippen LogP contribution >= 0.6 is 31.9 Å². The van der Waals surface area contributed by atoms with Gasteiger partial charge in [0.05, 0.1) is 11.1 Å². The van der Waals surface area contributed by atoms with Gasteiger partial charge in [0, 0.05) is 16.2 Å². The smallest absolute Gasteiger partial charge is 0.224 e. The Kier molecular flexibility index (Phi) is 4.15. The zero-order valence-electron chi connectivity index (χ0n) is 8.73. The molecule has 5 heteroatoms. The fraction of sp³-hybridized carbons (Fsp3) is 0.0833. The third kappa shape index (κ3) is 3.06. The minimum Gasteiger partial charge on any atom is -0.437 e. The van der Waals surface area contributed by atoms with E-state index < -0.39 is 0 Å². The Balaban J connectivity index is 2.31. The summed E-state index contributed by atoms with van der Waals surface area (Å²) in [6.45, 7) is -0.0999. The molecule has 0 spiro atoms. The molecule has 0 aliphatic rings. The van der Waals surface area contributed by atoms with E-state index in [1.54, 1.807) is 18.3 Å². The van der Waals surface area contributed by atoms with Gasteiger partial charge in [-0.1, -0.05) is 15.9 Å². The number of aliphatic hydroxyl groups excluding tert-OH is 1. The zero-order chi connectivity index (χ0) is 12.3. The maximum Gasteiger partial charge on any atom is 0.224 e. The maximum absolute atomic E-state index is 9.17.